The zero-order valence-corrected chi connectivity index (χ0v) is 14.9. The molecule has 0 aliphatic carbocycles. The molecule has 136 valence electrons. The number of amides is 1. The van der Waals surface area contributed by atoms with E-state index >= 15 is 0 Å². The number of ether oxygens (including phenoxy) is 2. The Morgan fingerprint density at radius 3 is 2.62 bits per heavy atom. The summed E-state index contributed by atoms with van der Waals surface area (Å²) in [5, 5.41) is 2.87. The molecule has 1 heterocycles. The van der Waals surface area contributed by atoms with E-state index < -0.39 is 0 Å². The molecule has 0 spiro atoms. The Labute approximate surface area is 153 Å². The molecule has 26 heavy (non-hydrogen) atoms. The lowest BCUT2D eigenvalue weighted by molar-refractivity contribution is -0.134. The third-order valence-electron chi connectivity index (χ3n) is 4.27. The highest BCUT2D eigenvalue weighted by molar-refractivity contribution is 5.94. The zero-order valence-electron chi connectivity index (χ0n) is 14.9. The largest absolute Gasteiger partial charge is 0.489 e. The minimum atomic E-state index is -0.202. The van der Waals surface area contributed by atoms with Crippen LogP contribution in [0.1, 0.15) is 43.7 Å². The molecule has 2 aromatic rings. The monoisotopic (exact) mass is 353 g/mol. The molecule has 1 aliphatic rings. The van der Waals surface area contributed by atoms with Crippen LogP contribution in [0.5, 0.6) is 11.5 Å². The summed E-state index contributed by atoms with van der Waals surface area (Å²) in [6, 6.07) is 13.1. The van der Waals surface area contributed by atoms with Crippen LogP contribution in [0.4, 0.5) is 5.69 Å². The first-order valence-corrected chi connectivity index (χ1v) is 8.99. The number of esters is 1. The van der Waals surface area contributed by atoms with Gasteiger partial charge >= 0.3 is 5.97 Å². The van der Waals surface area contributed by atoms with Gasteiger partial charge in [-0.2, -0.15) is 0 Å². The first-order valence-electron chi connectivity index (χ1n) is 8.99. The van der Waals surface area contributed by atoms with Gasteiger partial charge in [0.1, 0.15) is 18.1 Å². The summed E-state index contributed by atoms with van der Waals surface area (Å²) >= 11 is 0. The molecule has 5 heteroatoms. The molecule has 0 unspecified atom stereocenters. The molecule has 0 fully saturated rings. The maximum absolute atomic E-state index is 11.6. The van der Waals surface area contributed by atoms with Gasteiger partial charge in [-0.15, -0.1) is 0 Å². The van der Waals surface area contributed by atoms with Crippen molar-refractivity contribution in [3.05, 3.63) is 53.6 Å². The molecule has 0 atom stereocenters. The van der Waals surface area contributed by atoms with Gasteiger partial charge in [0.2, 0.25) is 5.91 Å². The molecule has 1 aliphatic heterocycles. The van der Waals surface area contributed by atoms with Crippen molar-refractivity contribution in [1.82, 2.24) is 0 Å². The van der Waals surface area contributed by atoms with Crippen molar-refractivity contribution in [3.63, 3.8) is 0 Å². The SMILES string of the molecule is CCCCC(=O)Oc1ccc(COc2ccc3c(c2)NC(=O)CC3)cc1. The highest BCUT2D eigenvalue weighted by Crippen LogP contribution is 2.27. The molecule has 0 saturated carbocycles. The van der Waals surface area contributed by atoms with E-state index in [1.165, 1.54) is 0 Å². The van der Waals surface area contributed by atoms with Crippen LogP contribution in [0.15, 0.2) is 42.5 Å². The predicted octanol–water partition coefficient (Wildman–Crippen LogP) is 4.25. The second-order valence-electron chi connectivity index (χ2n) is 6.38. The summed E-state index contributed by atoms with van der Waals surface area (Å²) in [4.78, 5) is 23.1. The molecule has 0 radical (unpaired) electrons. The second-order valence-corrected chi connectivity index (χ2v) is 6.38. The first kappa shape index (κ1) is 18.0. The lowest BCUT2D eigenvalue weighted by atomic mass is 10.0. The molecule has 1 amide bonds. The lowest BCUT2D eigenvalue weighted by Gasteiger charge is -2.17. The fourth-order valence-electron chi connectivity index (χ4n) is 2.76. The Bertz CT molecular complexity index is 783. The van der Waals surface area contributed by atoms with Gasteiger partial charge < -0.3 is 14.8 Å². The zero-order chi connectivity index (χ0) is 18.4. The molecule has 0 saturated heterocycles. The fourth-order valence-corrected chi connectivity index (χ4v) is 2.76. The van der Waals surface area contributed by atoms with Crippen LogP contribution in [0.25, 0.3) is 0 Å². The van der Waals surface area contributed by atoms with Crippen molar-refractivity contribution < 1.29 is 19.1 Å². The Hall–Kier alpha value is -2.82. The number of carbonyl (C=O) groups is 2. The van der Waals surface area contributed by atoms with E-state index in [1.807, 2.05) is 37.3 Å². The number of aryl methyl sites for hydroxylation is 1. The van der Waals surface area contributed by atoms with Gasteiger partial charge in [-0.3, -0.25) is 9.59 Å². The summed E-state index contributed by atoms with van der Waals surface area (Å²) in [6.45, 7) is 2.44. The van der Waals surface area contributed by atoms with E-state index in [2.05, 4.69) is 5.32 Å². The van der Waals surface area contributed by atoms with E-state index in [4.69, 9.17) is 9.47 Å². The summed E-state index contributed by atoms with van der Waals surface area (Å²) < 4.78 is 11.1. The van der Waals surface area contributed by atoms with Crippen LogP contribution in [0.2, 0.25) is 0 Å². The van der Waals surface area contributed by atoms with Crippen LogP contribution in [-0.4, -0.2) is 11.9 Å². The maximum atomic E-state index is 11.6. The van der Waals surface area contributed by atoms with Crippen LogP contribution in [-0.2, 0) is 22.6 Å². The van der Waals surface area contributed by atoms with Crippen LogP contribution < -0.4 is 14.8 Å². The Morgan fingerprint density at radius 1 is 1.08 bits per heavy atom. The summed E-state index contributed by atoms with van der Waals surface area (Å²) in [5.74, 6) is 1.10. The van der Waals surface area contributed by atoms with Gasteiger partial charge in [-0.1, -0.05) is 31.5 Å². The van der Waals surface area contributed by atoms with Gasteiger partial charge in [0.25, 0.3) is 0 Å². The minimum absolute atomic E-state index is 0.0405. The number of carbonyl (C=O) groups excluding carboxylic acids is 2. The normalized spacial score (nSPS) is 12.9. The highest BCUT2D eigenvalue weighted by Gasteiger charge is 2.15. The first-order chi connectivity index (χ1) is 12.6. The second kappa shape index (κ2) is 8.52. The van der Waals surface area contributed by atoms with Crippen molar-refractivity contribution in [2.24, 2.45) is 0 Å². The van der Waals surface area contributed by atoms with Gasteiger partial charge in [0.05, 0.1) is 0 Å². The van der Waals surface area contributed by atoms with E-state index in [9.17, 15) is 9.59 Å². The van der Waals surface area contributed by atoms with Crippen molar-refractivity contribution in [1.29, 1.82) is 0 Å². The molecule has 0 bridgehead atoms. The average molecular weight is 353 g/mol. The Kier molecular flexibility index (Phi) is 5.89. The number of hydrogen-bond donors (Lipinski definition) is 1. The number of anilines is 1. The van der Waals surface area contributed by atoms with Crippen LogP contribution in [0.3, 0.4) is 0 Å². The Balaban J connectivity index is 1.54. The number of unbranched alkanes of at least 4 members (excludes halogenated alkanes) is 1. The number of nitrogens with one attached hydrogen (secondary N) is 1. The number of fused-ring (bicyclic) bond motifs is 1. The maximum Gasteiger partial charge on any atom is 0.311 e. The van der Waals surface area contributed by atoms with E-state index in [-0.39, 0.29) is 11.9 Å². The number of benzene rings is 2. The highest BCUT2D eigenvalue weighted by atomic mass is 16.5. The fraction of sp³-hybridized carbons (Fsp3) is 0.333. The van der Waals surface area contributed by atoms with Crippen LogP contribution >= 0.6 is 0 Å². The van der Waals surface area contributed by atoms with E-state index in [0.717, 1.165) is 36.1 Å². The van der Waals surface area contributed by atoms with E-state index in [1.54, 1.807) is 12.1 Å². The third kappa shape index (κ3) is 4.85. The van der Waals surface area contributed by atoms with Crippen molar-refractivity contribution >= 4 is 17.6 Å². The van der Waals surface area contributed by atoms with Gasteiger partial charge in [0.15, 0.2) is 0 Å². The topological polar surface area (TPSA) is 64.6 Å². The molecule has 3 rings (SSSR count). The van der Waals surface area contributed by atoms with Gasteiger partial charge in [-0.05, 0) is 42.2 Å². The summed E-state index contributed by atoms with van der Waals surface area (Å²) in [5.41, 5.74) is 2.93. The molecule has 0 aromatic heterocycles. The van der Waals surface area contributed by atoms with E-state index in [0.29, 0.717) is 30.9 Å². The van der Waals surface area contributed by atoms with Crippen molar-refractivity contribution in [2.75, 3.05) is 5.32 Å². The van der Waals surface area contributed by atoms with Crippen LogP contribution in [0, 0.1) is 0 Å². The van der Waals surface area contributed by atoms with Gasteiger partial charge in [0, 0.05) is 24.6 Å². The number of hydrogen-bond acceptors (Lipinski definition) is 4. The molecular weight excluding hydrogens is 330 g/mol. The smallest absolute Gasteiger partial charge is 0.311 e. The average Bonchev–Trinajstić information content (AvgIpc) is 2.65. The summed E-state index contributed by atoms with van der Waals surface area (Å²) in [7, 11) is 0. The quantitative estimate of drug-likeness (QED) is 0.597. The minimum Gasteiger partial charge on any atom is -0.489 e. The third-order valence-corrected chi connectivity index (χ3v) is 4.27. The van der Waals surface area contributed by atoms with Gasteiger partial charge in [-0.25, -0.2) is 0 Å². The van der Waals surface area contributed by atoms with Crippen molar-refractivity contribution in [3.8, 4) is 11.5 Å². The standard InChI is InChI=1S/C21H23NO4/c1-2-3-4-21(24)26-17-9-5-15(6-10-17)14-25-18-11-7-16-8-12-20(23)22-19(16)13-18/h5-7,9-11,13H,2-4,8,12,14H2,1H3,(H,22,23). The Morgan fingerprint density at radius 2 is 1.85 bits per heavy atom. The lowest BCUT2D eigenvalue weighted by Crippen LogP contribution is -2.18. The molecule has 1 N–H and O–H groups in total. The molecule has 2 aromatic carbocycles. The number of rotatable bonds is 7. The predicted molar refractivity (Wildman–Crippen MR) is 99.3 cm³/mol. The van der Waals surface area contributed by atoms with Crippen molar-refractivity contribution in [2.45, 2.75) is 45.6 Å². The molecular formula is C21H23NO4. The molecule has 5 nitrogen and oxygen atoms in total. The summed E-state index contributed by atoms with van der Waals surface area (Å²) in [6.07, 6.45) is 3.54.